The monoisotopic (exact) mass is 429 g/mol. The predicted octanol–water partition coefficient (Wildman–Crippen LogP) is 2.05. The molecule has 2 N–H and O–H groups in total. The van der Waals surface area contributed by atoms with Crippen molar-refractivity contribution in [3.8, 4) is 18.1 Å². The lowest BCUT2D eigenvalue weighted by molar-refractivity contribution is -0.117. The van der Waals surface area contributed by atoms with Crippen molar-refractivity contribution in [1.82, 2.24) is 4.57 Å². The number of nitrogens with zero attached hydrogens (tertiary/aromatic N) is 2. The van der Waals surface area contributed by atoms with E-state index in [-0.39, 0.29) is 23.8 Å². The van der Waals surface area contributed by atoms with Crippen molar-refractivity contribution in [1.29, 1.82) is 0 Å². The number of nitrogens with two attached hydrogens (primary N) is 1. The first-order valence-electron chi connectivity index (χ1n) is 8.70. The molecule has 3 aromatic rings. The molecule has 1 aromatic heterocycles. The summed E-state index contributed by atoms with van der Waals surface area (Å²) in [6.07, 6.45) is 5.58. The van der Waals surface area contributed by atoms with Crippen LogP contribution in [-0.4, -0.2) is 25.5 Å². The average molecular weight is 430 g/mol. The summed E-state index contributed by atoms with van der Waals surface area (Å²) in [4.78, 5) is 17.1. The zero-order valence-corrected chi connectivity index (χ0v) is 17.3. The van der Waals surface area contributed by atoms with Gasteiger partial charge in [0, 0.05) is 0 Å². The van der Waals surface area contributed by atoms with Crippen molar-refractivity contribution in [2.75, 3.05) is 6.61 Å². The summed E-state index contributed by atoms with van der Waals surface area (Å²) >= 11 is 1.18. The number of amides is 1. The first-order valence-corrected chi connectivity index (χ1v) is 11.1. The number of carbonyl (C=O) groups is 1. The molecule has 0 aliphatic rings. The number of thiazole rings is 1. The minimum absolute atomic E-state index is 0.00799. The average Bonchev–Trinajstić information content (AvgIpc) is 2.99. The number of benzene rings is 2. The van der Waals surface area contributed by atoms with E-state index >= 15 is 0 Å². The van der Waals surface area contributed by atoms with Gasteiger partial charge in [0.15, 0.2) is 4.80 Å². The van der Waals surface area contributed by atoms with Crippen LogP contribution in [0.4, 0.5) is 0 Å². The molecule has 0 aliphatic heterocycles. The van der Waals surface area contributed by atoms with Gasteiger partial charge in [-0.3, -0.25) is 4.79 Å². The van der Waals surface area contributed by atoms with Crippen LogP contribution in [0.3, 0.4) is 0 Å². The van der Waals surface area contributed by atoms with Crippen LogP contribution in [0.5, 0.6) is 5.75 Å². The van der Waals surface area contributed by atoms with Crippen LogP contribution >= 0.6 is 11.3 Å². The van der Waals surface area contributed by atoms with Gasteiger partial charge in [0.05, 0.1) is 34.7 Å². The molecular weight excluding hydrogens is 410 g/mol. The Morgan fingerprint density at radius 3 is 2.62 bits per heavy atom. The molecular formula is C20H19N3O4S2. The molecule has 0 spiro atoms. The highest BCUT2D eigenvalue weighted by Gasteiger charge is 2.13. The number of hydrogen-bond acceptors (Lipinski definition) is 5. The lowest BCUT2D eigenvalue weighted by Gasteiger charge is -2.03. The maximum absolute atomic E-state index is 12.5. The van der Waals surface area contributed by atoms with E-state index in [1.165, 1.54) is 23.5 Å². The Balaban J connectivity index is 1.96. The lowest BCUT2D eigenvalue weighted by atomic mass is 10.1. The Hall–Kier alpha value is -2.93. The topological polar surface area (TPSA) is 104 Å². The third kappa shape index (κ3) is 4.92. The SMILES string of the molecule is C#CCn1c(=NC(=O)Cc2ccc(OCC)cc2)sc2cc(S(N)(=O)=O)ccc21. The third-order valence-corrected chi connectivity index (χ3v) is 5.99. The molecule has 0 unspecified atom stereocenters. The third-order valence-electron chi connectivity index (χ3n) is 4.04. The zero-order valence-electron chi connectivity index (χ0n) is 15.7. The Labute approximate surface area is 172 Å². The fourth-order valence-electron chi connectivity index (χ4n) is 2.75. The number of hydrogen-bond donors (Lipinski definition) is 1. The molecule has 9 heteroatoms. The fraction of sp³-hybridized carbons (Fsp3) is 0.200. The molecule has 29 heavy (non-hydrogen) atoms. The Morgan fingerprint density at radius 2 is 2.00 bits per heavy atom. The molecule has 0 radical (unpaired) electrons. The number of carbonyl (C=O) groups excluding carboxylic acids is 1. The summed E-state index contributed by atoms with van der Waals surface area (Å²) in [5, 5.41) is 5.20. The highest BCUT2D eigenvalue weighted by atomic mass is 32.2. The van der Waals surface area contributed by atoms with E-state index < -0.39 is 10.0 Å². The van der Waals surface area contributed by atoms with Crippen LogP contribution in [0.15, 0.2) is 52.4 Å². The number of ether oxygens (including phenoxy) is 1. The largest absolute Gasteiger partial charge is 0.494 e. The first-order chi connectivity index (χ1) is 13.8. The number of fused-ring (bicyclic) bond motifs is 1. The van der Waals surface area contributed by atoms with Gasteiger partial charge < -0.3 is 9.30 Å². The smallest absolute Gasteiger partial charge is 0.252 e. The van der Waals surface area contributed by atoms with E-state index in [9.17, 15) is 13.2 Å². The highest BCUT2D eigenvalue weighted by molar-refractivity contribution is 7.89. The second-order valence-electron chi connectivity index (χ2n) is 6.11. The van der Waals surface area contributed by atoms with Gasteiger partial charge in [0.25, 0.3) is 5.91 Å². The van der Waals surface area contributed by atoms with Gasteiger partial charge in [-0.05, 0) is 42.8 Å². The van der Waals surface area contributed by atoms with Crippen molar-refractivity contribution < 1.29 is 17.9 Å². The molecule has 0 aliphatic carbocycles. The minimum Gasteiger partial charge on any atom is -0.494 e. The maximum atomic E-state index is 12.5. The van der Waals surface area contributed by atoms with Gasteiger partial charge >= 0.3 is 0 Å². The van der Waals surface area contributed by atoms with Crippen molar-refractivity contribution in [2.24, 2.45) is 10.1 Å². The van der Waals surface area contributed by atoms with Gasteiger partial charge in [-0.15, -0.1) is 6.42 Å². The minimum atomic E-state index is -3.83. The van der Waals surface area contributed by atoms with E-state index in [0.29, 0.717) is 21.6 Å². The van der Waals surface area contributed by atoms with Gasteiger partial charge in [-0.2, -0.15) is 4.99 Å². The molecule has 7 nitrogen and oxygen atoms in total. The van der Waals surface area contributed by atoms with Crippen molar-refractivity contribution in [3.05, 3.63) is 52.8 Å². The molecule has 0 atom stereocenters. The number of terminal acetylenes is 1. The summed E-state index contributed by atoms with van der Waals surface area (Å²) in [5.41, 5.74) is 1.50. The molecule has 150 valence electrons. The number of primary sulfonamides is 1. The normalized spacial score (nSPS) is 12.1. The van der Waals surface area contributed by atoms with Crippen LogP contribution in [-0.2, 0) is 27.8 Å². The zero-order chi connectivity index (χ0) is 21.0. The van der Waals surface area contributed by atoms with Crippen molar-refractivity contribution in [3.63, 3.8) is 0 Å². The summed E-state index contributed by atoms with van der Waals surface area (Å²) < 4.78 is 30.9. The van der Waals surface area contributed by atoms with Crippen molar-refractivity contribution in [2.45, 2.75) is 24.8 Å². The van der Waals surface area contributed by atoms with Gasteiger partial charge in [0.2, 0.25) is 10.0 Å². The lowest BCUT2D eigenvalue weighted by Crippen LogP contribution is -2.17. The summed E-state index contributed by atoms with van der Waals surface area (Å²) in [7, 11) is -3.83. The number of sulfonamides is 1. The summed E-state index contributed by atoms with van der Waals surface area (Å²) in [5.74, 6) is 2.93. The molecule has 0 fully saturated rings. The van der Waals surface area contributed by atoms with Gasteiger partial charge in [-0.25, -0.2) is 13.6 Å². The molecule has 0 saturated heterocycles. The molecule has 1 heterocycles. The maximum Gasteiger partial charge on any atom is 0.252 e. The van der Waals surface area contributed by atoms with Crippen molar-refractivity contribution >= 4 is 37.5 Å². The Kier molecular flexibility index (Phi) is 6.17. The molecule has 2 aromatic carbocycles. The Bertz CT molecular complexity index is 1260. The van der Waals surface area contributed by atoms with E-state index in [4.69, 9.17) is 16.3 Å². The second-order valence-corrected chi connectivity index (χ2v) is 8.68. The summed E-state index contributed by atoms with van der Waals surface area (Å²) in [6.45, 7) is 2.67. The fourth-order valence-corrected chi connectivity index (χ4v) is 4.45. The number of aromatic nitrogens is 1. The van der Waals surface area contributed by atoms with E-state index in [1.54, 1.807) is 22.8 Å². The van der Waals surface area contributed by atoms with E-state index in [2.05, 4.69) is 10.9 Å². The van der Waals surface area contributed by atoms with Crippen LogP contribution in [0, 0.1) is 12.3 Å². The summed E-state index contributed by atoms with van der Waals surface area (Å²) in [6, 6.07) is 11.7. The molecule has 1 amide bonds. The number of rotatable bonds is 6. The van der Waals surface area contributed by atoms with E-state index in [0.717, 1.165) is 11.3 Å². The molecule has 0 saturated carbocycles. The molecule has 3 rings (SSSR count). The standard InChI is InChI=1S/C20H19N3O4S2/c1-3-11-23-17-10-9-16(29(21,25)26)13-18(17)28-20(23)22-19(24)12-14-5-7-15(8-6-14)27-4-2/h1,5-10,13H,4,11-12H2,2H3,(H2,21,25,26). The van der Waals surface area contributed by atoms with Crippen LogP contribution in [0.2, 0.25) is 0 Å². The highest BCUT2D eigenvalue weighted by Crippen LogP contribution is 2.21. The first kappa shape index (κ1) is 20.8. The van der Waals surface area contributed by atoms with Gasteiger partial charge in [0.1, 0.15) is 5.75 Å². The quantitative estimate of drug-likeness (QED) is 0.606. The van der Waals surface area contributed by atoms with Gasteiger partial charge in [-0.1, -0.05) is 29.4 Å². The predicted molar refractivity (Wildman–Crippen MR) is 112 cm³/mol. The van der Waals surface area contributed by atoms with Crippen LogP contribution in [0.1, 0.15) is 12.5 Å². The van der Waals surface area contributed by atoms with Crippen LogP contribution in [0.25, 0.3) is 10.2 Å². The molecule has 0 bridgehead atoms. The van der Waals surface area contributed by atoms with E-state index in [1.807, 2.05) is 19.1 Å². The second kappa shape index (κ2) is 8.61. The Morgan fingerprint density at radius 1 is 1.28 bits per heavy atom. The van der Waals surface area contributed by atoms with Crippen LogP contribution < -0.4 is 14.7 Å².